The van der Waals surface area contributed by atoms with Crippen molar-refractivity contribution in [2.45, 2.75) is 20.8 Å². The molecule has 2 atom stereocenters. The fraction of sp³-hybridized carbons (Fsp3) is 0.857. The van der Waals surface area contributed by atoms with Gasteiger partial charge < -0.3 is 0 Å². The fourth-order valence-electron chi connectivity index (χ4n) is 1.25. The van der Waals surface area contributed by atoms with E-state index in [0.717, 1.165) is 0 Å². The van der Waals surface area contributed by atoms with Crippen LogP contribution in [-0.4, -0.2) is 5.78 Å². The summed E-state index contributed by atoms with van der Waals surface area (Å²) < 4.78 is 0. The monoisotopic (exact) mass is 112 g/mol. The molecule has 0 heterocycles. The molecule has 0 aromatic carbocycles. The normalized spacial score (nSPS) is 46.4. The molecule has 1 aliphatic rings. The predicted molar refractivity (Wildman–Crippen MR) is 32.5 cm³/mol. The van der Waals surface area contributed by atoms with Gasteiger partial charge in [0, 0.05) is 11.8 Å². The Kier molecular flexibility index (Phi) is 1.14. The van der Waals surface area contributed by atoms with Crippen LogP contribution in [0.4, 0.5) is 0 Å². The van der Waals surface area contributed by atoms with Crippen LogP contribution in [0.25, 0.3) is 0 Å². The van der Waals surface area contributed by atoms with Crippen molar-refractivity contribution >= 4 is 5.78 Å². The molecule has 1 nitrogen and oxygen atoms in total. The Morgan fingerprint density at radius 3 is 1.62 bits per heavy atom. The molecule has 1 heteroatoms. The van der Waals surface area contributed by atoms with E-state index in [4.69, 9.17) is 0 Å². The van der Waals surface area contributed by atoms with Crippen LogP contribution in [0.1, 0.15) is 20.8 Å². The third-order valence-corrected chi connectivity index (χ3v) is 2.47. The van der Waals surface area contributed by atoms with Crippen molar-refractivity contribution in [2.75, 3.05) is 0 Å². The molecule has 0 amide bonds. The number of carbonyl (C=O) groups excluding carboxylic acids is 1. The minimum Gasteiger partial charge on any atom is -0.299 e. The van der Waals surface area contributed by atoms with E-state index in [1.807, 2.05) is 13.8 Å². The van der Waals surface area contributed by atoms with E-state index < -0.39 is 0 Å². The van der Waals surface area contributed by atoms with Crippen molar-refractivity contribution in [3.05, 3.63) is 0 Å². The molecule has 1 fully saturated rings. The second kappa shape index (κ2) is 1.57. The average molecular weight is 112 g/mol. The standard InChI is InChI=1S/C7H12O/c1-4-5(2)7(8)6(4)3/h4-6H,1-3H3. The van der Waals surface area contributed by atoms with Gasteiger partial charge in [0.25, 0.3) is 0 Å². The van der Waals surface area contributed by atoms with E-state index in [2.05, 4.69) is 6.92 Å². The summed E-state index contributed by atoms with van der Waals surface area (Å²) >= 11 is 0. The maximum absolute atomic E-state index is 10.8. The van der Waals surface area contributed by atoms with E-state index in [1.54, 1.807) is 0 Å². The van der Waals surface area contributed by atoms with Gasteiger partial charge in [-0.25, -0.2) is 0 Å². The summed E-state index contributed by atoms with van der Waals surface area (Å²) in [5, 5.41) is 0. The van der Waals surface area contributed by atoms with Crippen molar-refractivity contribution in [3.8, 4) is 0 Å². The maximum atomic E-state index is 10.8. The van der Waals surface area contributed by atoms with Crippen LogP contribution in [0.3, 0.4) is 0 Å². The Labute approximate surface area is 50.1 Å². The molecule has 1 saturated carbocycles. The molecular weight excluding hydrogens is 100 g/mol. The van der Waals surface area contributed by atoms with Gasteiger partial charge >= 0.3 is 0 Å². The summed E-state index contributed by atoms with van der Waals surface area (Å²) in [4.78, 5) is 10.8. The largest absolute Gasteiger partial charge is 0.299 e. The molecule has 46 valence electrons. The topological polar surface area (TPSA) is 17.1 Å². The maximum Gasteiger partial charge on any atom is 0.139 e. The third kappa shape index (κ3) is 0.504. The number of rotatable bonds is 0. The molecule has 0 spiro atoms. The highest BCUT2D eigenvalue weighted by molar-refractivity contribution is 5.89. The van der Waals surface area contributed by atoms with Crippen LogP contribution in [0.2, 0.25) is 0 Å². The van der Waals surface area contributed by atoms with Crippen molar-refractivity contribution in [1.29, 1.82) is 0 Å². The zero-order valence-electron chi connectivity index (χ0n) is 5.64. The first kappa shape index (κ1) is 5.80. The molecule has 1 aliphatic carbocycles. The number of ketones is 1. The van der Waals surface area contributed by atoms with Crippen molar-refractivity contribution < 1.29 is 4.79 Å². The molecule has 0 aromatic rings. The van der Waals surface area contributed by atoms with Gasteiger partial charge in [-0.1, -0.05) is 20.8 Å². The number of carbonyl (C=O) groups is 1. The average Bonchev–Trinajstić information content (AvgIpc) is 1.83. The van der Waals surface area contributed by atoms with E-state index in [0.29, 0.717) is 23.5 Å². The summed E-state index contributed by atoms with van der Waals surface area (Å²) in [7, 11) is 0. The van der Waals surface area contributed by atoms with E-state index in [9.17, 15) is 4.79 Å². The van der Waals surface area contributed by atoms with E-state index in [1.165, 1.54) is 0 Å². The Bertz CT molecular complexity index is 106. The number of hydrogen-bond donors (Lipinski definition) is 0. The summed E-state index contributed by atoms with van der Waals surface area (Å²) in [6.45, 7) is 6.15. The van der Waals surface area contributed by atoms with Crippen LogP contribution in [-0.2, 0) is 4.79 Å². The minimum absolute atomic E-state index is 0.338. The fourth-order valence-corrected chi connectivity index (χ4v) is 1.25. The second-order valence-electron chi connectivity index (χ2n) is 2.84. The van der Waals surface area contributed by atoms with Crippen LogP contribution >= 0.6 is 0 Å². The van der Waals surface area contributed by atoms with Crippen LogP contribution in [0.5, 0.6) is 0 Å². The lowest BCUT2D eigenvalue weighted by Crippen LogP contribution is -2.42. The molecule has 0 radical (unpaired) electrons. The van der Waals surface area contributed by atoms with Crippen molar-refractivity contribution in [2.24, 2.45) is 17.8 Å². The van der Waals surface area contributed by atoms with Gasteiger partial charge in [0.1, 0.15) is 5.78 Å². The molecule has 0 N–H and O–H groups in total. The van der Waals surface area contributed by atoms with Gasteiger partial charge in [-0.05, 0) is 5.92 Å². The zero-order valence-corrected chi connectivity index (χ0v) is 5.64. The number of Topliss-reactive ketones (excluding diaryl/α,β-unsaturated/α-hetero) is 1. The summed E-state index contributed by atoms with van der Waals surface area (Å²) in [5.41, 5.74) is 0. The Balaban J connectivity index is 2.55. The highest BCUT2D eigenvalue weighted by Gasteiger charge is 2.39. The minimum atomic E-state index is 0.338. The van der Waals surface area contributed by atoms with Gasteiger partial charge in [-0.3, -0.25) is 4.79 Å². The Morgan fingerprint density at radius 2 is 1.50 bits per heavy atom. The SMILES string of the molecule is CC1C(=O)C(C)C1C. The molecule has 8 heavy (non-hydrogen) atoms. The Morgan fingerprint density at radius 1 is 1.12 bits per heavy atom. The zero-order chi connectivity index (χ0) is 6.31. The Hall–Kier alpha value is -0.330. The first-order valence-corrected chi connectivity index (χ1v) is 3.18. The smallest absolute Gasteiger partial charge is 0.139 e. The molecule has 2 unspecified atom stereocenters. The van der Waals surface area contributed by atoms with Crippen molar-refractivity contribution in [1.82, 2.24) is 0 Å². The first-order valence-electron chi connectivity index (χ1n) is 3.18. The molecule has 0 aromatic heterocycles. The van der Waals surface area contributed by atoms with E-state index in [-0.39, 0.29) is 0 Å². The third-order valence-electron chi connectivity index (χ3n) is 2.47. The lowest BCUT2D eigenvalue weighted by atomic mass is 9.66. The van der Waals surface area contributed by atoms with Gasteiger partial charge in [-0.15, -0.1) is 0 Å². The number of hydrogen-bond acceptors (Lipinski definition) is 1. The highest BCUT2D eigenvalue weighted by Crippen LogP contribution is 2.35. The van der Waals surface area contributed by atoms with Crippen LogP contribution in [0, 0.1) is 17.8 Å². The van der Waals surface area contributed by atoms with Crippen molar-refractivity contribution in [3.63, 3.8) is 0 Å². The van der Waals surface area contributed by atoms with Gasteiger partial charge in [-0.2, -0.15) is 0 Å². The summed E-state index contributed by atoms with van der Waals surface area (Å²) in [5.74, 6) is 1.75. The second-order valence-corrected chi connectivity index (χ2v) is 2.84. The molecular formula is C7H12O. The molecule has 1 rings (SSSR count). The predicted octanol–water partition coefficient (Wildman–Crippen LogP) is 1.48. The van der Waals surface area contributed by atoms with E-state index >= 15 is 0 Å². The first-order chi connectivity index (χ1) is 3.64. The van der Waals surface area contributed by atoms with Crippen LogP contribution < -0.4 is 0 Å². The molecule has 0 bridgehead atoms. The van der Waals surface area contributed by atoms with Gasteiger partial charge in [0.05, 0.1) is 0 Å². The molecule has 0 aliphatic heterocycles. The van der Waals surface area contributed by atoms with Gasteiger partial charge in [0.15, 0.2) is 0 Å². The lowest BCUT2D eigenvalue weighted by molar-refractivity contribution is -0.139. The summed E-state index contributed by atoms with van der Waals surface area (Å²) in [6, 6.07) is 0. The quantitative estimate of drug-likeness (QED) is 0.464. The lowest BCUT2D eigenvalue weighted by Gasteiger charge is -2.36. The highest BCUT2D eigenvalue weighted by atomic mass is 16.1. The molecule has 0 saturated heterocycles. The summed E-state index contributed by atoms with van der Waals surface area (Å²) in [6.07, 6.45) is 0. The van der Waals surface area contributed by atoms with Crippen LogP contribution in [0.15, 0.2) is 0 Å². The van der Waals surface area contributed by atoms with Gasteiger partial charge in [0.2, 0.25) is 0 Å².